The van der Waals surface area contributed by atoms with E-state index in [2.05, 4.69) is 17.2 Å². The van der Waals surface area contributed by atoms with Crippen molar-refractivity contribution in [2.45, 2.75) is 52.0 Å². The van der Waals surface area contributed by atoms with Crippen molar-refractivity contribution in [1.82, 2.24) is 24.7 Å². The van der Waals surface area contributed by atoms with E-state index in [1.165, 1.54) is 0 Å². The minimum atomic E-state index is -0.179. The lowest BCUT2D eigenvalue weighted by Gasteiger charge is -2.32. The van der Waals surface area contributed by atoms with Crippen LogP contribution in [0.1, 0.15) is 65.8 Å². The molecular weight excluding hydrogens is 346 g/mol. The molecule has 0 spiro atoms. The van der Waals surface area contributed by atoms with Gasteiger partial charge in [0.2, 0.25) is 6.41 Å². The number of piperazine rings is 1. The van der Waals surface area contributed by atoms with Crippen LogP contribution in [0.4, 0.5) is 0 Å². The number of unbranched alkanes of at least 4 members (excludes halogenated alkanes) is 2. The summed E-state index contributed by atoms with van der Waals surface area (Å²) < 4.78 is 1.93. The van der Waals surface area contributed by atoms with Gasteiger partial charge in [0.15, 0.2) is 5.82 Å². The summed E-state index contributed by atoms with van der Waals surface area (Å²) in [5.41, 5.74) is 1.28. The Hall–Kier alpha value is -2.38. The van der Waals surface area contributed by atoms with E-state index in [4.69, 9.17) is 0 Å². The molecule has 0 atom stereocenters. The number of hydrogen-bond donors (Lipinski definition) is 1. The van der Waals surface area contributed by atoms with Gasteiger partial charge in [-0.25, -0.2) is 4.98 Å². The predicted molar refractivity (Wildman–Crippen MR) is 101 cm³/mol. The molecule has 148 valence electrons. The van der Waals surface area contributed by atoms with Gasteiger partial charge in [-0.3, -0.25) is 14.4 Å². The van der Waals surface area contributed by atoms with Crippen molar-refractivity contribution in [2.24, 2.45) is 0 Å². The second kappa shape index (κ2) is 9.01. The molecule has 1 aromatic rings. The molecule has 8 nitrogen and oxygen atoms in total. The first kappa shape index (κ1) is 19.4. The highest BCUT2D eigenvalue weighted by Crippen LogP contribution is 2.22. The number of carbonyl (C=O) groups is 3. The number of carbonyl (C=O) groups excluding carboxylic acids is 3. The van der Waals surface area contributed by atoms with Crippen molar-refractivity contribution in [3.05, 3.63) is 17.2 Å². The summed E-state index contributed by atoms with van der Waals surface area (Å²) in [6.45, 7) is 5.55. The summed E-state index contributed by atoms with van der Waals surface area (Å²) in [5, 5.41) is 2.94. The quantitative estimate of drug-likeness (QED) is 0.570. The van der Waals surface area contributed by atoms with Crippen molar-refractivity contribution < 1.29 is 14.4 Å². The van der Waals surface area contributed by atoms with Gasteiger partial charge in [0.25, 0.3) is 11.8 Å². The van der Waals surface area contributed by atoms with Crippen LogP contribution in [0, 0.1) is 0 Å². The molecule has 3 rings (SSSR count). The van der Waals surface area contributed by atoms with Gasteiger partial charge >= 0.3 is 0 Å². The van der Waals surface area contributed by atoms with E-state index in [1.807, 2.05) is 4.57 Å². The third-order valence-electron chi connectivity index (χ3n) is 5.34. The first-order valence-corrected chi connectivity index (χ1v) is 10.0. The normalized spacial score (nSPS) is 16.8. The van der Waals surface area contributed by atoms with Crippen LogP contribution in [0.5, 0.6) is 0 Å². The third-order valence-corrected chi connectivity index (χ3v) is 5.34. The molecular formula is C19H29N5O3. The van der Waals surface area contributed by atoms with Crippen LogP contribution < -0.4 is 5.32 Å². The topological polar surface area (TPSA) is 87.5 Å². The molecule has 3 heterocycles. The Labute approximate surface area is 159 Å². The average molecular weight is 375 g/mol. The van der Waals surface area contributed by atoms with Crippen LogP contribution in [-0.4, -0.2) is 70.3 Å². The van der Waals surface area contributed by atoms with Crippen molar-refractivity contribution in [1.29, 1.82) is 0 Å². The number of nitrogens with zero attached hydrogens (tertiary/aromatic N) is 4. The lowest BCUT2D eigenvalue weighted by molar-refractivity contribution is -0.119. The molecule has 0 aliphatic carbocycles. The second-order valence-corrected chi connectivity index (χ2v) is 7.24. The zero-order valence-corrected chi connectivity index (χ0v) is 16.1. The van der Waals surface area contributed by atoms with Gasteiger partial charge in [-0.1, -0.05) is 19.8 Å². The first-order chi connectivity index (χ1) is 13.2. The molecule has 1 aromatic heterocycles. The Kier molecular flexibility index (Phi) is 6.47. The molecule has 1 fully saturated rings. The first-order valence-electron chi connectivity index (χ1n) is 10.0. The van der Waals surface area contributed by atoms with Gasteiger partial charge in [-0.2, -0.15) is 0 Å². The van der Waals surface area contributed by atoms with Crippen molar-refractivity contribution in [2.75, 3.05) is 32.7 Å². The largest absolute Gasteiger partial charge is 0.351 e. The molecule has 0 aromatic carbocycles. The van der Waals surface area contributed by atoms with Gasteiger partial charge in [0, 0.05) is 39.3 Å². The molecule has 0 bridgehead atoms. The molecule has 2 aliphatic rings. The van der Waals surface area contributed by atoms with Crippen LogP contribution in [0.2, 0.25) is 0 Å². The van der Waals surface area contributed by atoms with Crippen molar-refractivity contribution >= 4 is 18.2 Å². The Bertz CT molecular complexity index is 692. The van der Waals surface area contributed by atoms with Gasteiger partial charge in [0.1, 0.15) is 5.69 Å². The number of fused-ring (bicyclic) bond motifs is 1. The maximum absolute atomic E-state index is 13.0. The van der Waals surface area contributed by atoms with Crippen LogP contribution in [0.15, 0.2) is 0 Å². The van der Waals surface area contributed by atoms with Crippen LogP contribution in [0.25, 0.3) is 0 Å². The average Bonchev–Trinajstić information content (AvgIpc) is 3.10. The van der Waals surface area contributed by atoms with Gasteiger partial charge in [0.05, 0.1) is 5.69 Å². The van der Waals surface area contributed by atoms with Crippen LogP contribution >= 0.6 is 0 Å². The minimum absolute atomic E-state index is 0.145. The van der Waals surface area contributed by atoms with E-state index in [0.717, 1.165) is 57.2 Å². The van der Waals surface area contributed by atoms with Crippen molar-refractivity contribution in [3.63, 3.8) is 0 Å². The van der Waals surface area contributed by atoms with E-state index in [9.17, 15) is 14.4 Å². The zero-order valence-electron chi connectivity index (χ0n) is 16.1. The second-order valence-electron chi connectivity index (χ2n) is 7.24. The summed E-state index contributed by atoms with van der Waals surface area (Å²) in [6, 6.07) is 0. The predicted octanol–water partition coefficient (Wildman–Crippen LogP) is 1.05. The van der Waals surface area contributed by atoms with E-state index < -0.39 is 0 Å². The molecule has 27 heavy (non-hydrogen) atoms. The molecule has 0 saturated carbocycles. The number of imidazole rings is 1. The number of nitrogens with one attached hydrogen (secondary N) is 1. The maximum Gasteiger partial charge on any atom is 0.290 e. The Balaban J connectivity index is 1.75. The Morgan fingerprint density at radius 1 is 1.11 bits per heavy atom. The fourth-order valence-electron chi connectivity index (χ4n) is 3.72. The monoisotopic (exact) mass is 375 g/mol. The molecule has 0 radical (unpaired) electrons. The highest BCUT2D eigenvalue weighted by Gasteiger charge is 2.30. The van der Waals surface area contributed by atoms with Gasteiger partial charge in [-0.15, -0.1) is 0 Å². The van der Waals surface area contributed by atoms with E-state index in [0.29, 0.717) is 44.2 Å². The van der Waals surface area contributed by atoms with Gasteiger partial charge in [-0.05, 0) is 25.7 Å². The SMILES string of the molecule is CCCCCNC(=O)c1nc(C(=O)N2CCN(C=O)CC2)n2c1CCCC2. The molecule has 0 unspecified atom stereocenters. The molecule has 8 heteroatoms. The van der Waals surface area contributed by atoms with E-state index >= 15 is 0 Å². The fraction of sp³-hybridized carbons (Fsp3) is 0.684. The molecule has 1 N–H and O–H groups in total. The smallest absolute Gasteiger partial charge is 0.290 e. The van der Waals surface area contributed by atoms with Crippen molar-refractivity contribution in [3.8, 4) is 0 Å². The van der Waals surface area contributed by atoms with Crippen LogP contribution in [0.3, 0.4) is 0 Å². The molecule has 1 saturated heterocycles. The summed E-state index contributed by atoms with van der Waals surface area (Å²) in [7, 11) is 0. The third kappa shape index (κ3) is 4.31. The Morgan fingerprint density at radius 3 is 2.59 bits per heavy atom. The standard InChI is InChI=1S/C19H29N5O3/c1-2-3-5-8-20-18(26)16-15-7-4-6-9-24(15)17(21-16)19(27)23-12-10-22(14-25)11-13-23/h14H,2-13H2,1H3,(H,20,26). The highest BCUT2D eigenvalue weighted by molar-refractivity contribution is 5.97. The minimum Gasteiger partial charge on any atom is -0.351 e. The molecule has 2 aliphatic heterocycles. The highest BCUT2D eigenvalue weighted by atomic mass is 16.2. The van der Waals surface area contributed by atoms with Gasteiger partial charge < -0.3 is 19.7 Å². The summed E-state index contributed by atoms with van der Waals surface area (Å²) in [4.78, 5) is 44.4. The fourth-order valence-corrected chi connectivity index (χ4v) is 3.72. The Morgan fingerprint density at radius 2 is 1.89 bits per heavy atom. The zero-order chi connectivity index (χ0) is 19.2. The number of hydrogen-bond acceptors (Lipinski definition) is 4. The maximum atomic E-state index is 13.0. The van der Waals surface area contributed by atoms with E-state index in [1.54, 1.807) is 9.80 Å². The lowest BCUT2D eigenvalue weighted by Crippen LogP contribution is -2.48. The number of rotatable bonds is 7. The summed E-state index contributed by atoms with van der Waals surface area (Å²) >= 11 is 0. The number of amides is 3. The van der Waals surface area contributed by atoms with E-state index in [-0.39, 0.29) is 11.8 Å². The summed E-state index contributed by atoms with van der Waals surface area (Å²) in [5.74, 6) is 0.0401. The molecule has 3 amide bonds. The summed E-state index contributed by atoms with van der Waals surface area (Å²) in [6.07, 6.45) is 6.72. The lowest BCUT2D eigenvalue weighted by atomic mass is 10.1. The number of aromatic nitrogens is 2. The van der Waals surface area contributed by atoms with Crippen LogP contribution in [-0.2, 0) is 17.8 Å².